The maximum atomic E-state index is 5.26. The predicted octanol–water partition coefficient (Wildman–Crippen LogP) is 3.04. The molecule has 1 heterocycles. The van der Waals surface area contributed by atoms with Crippen LogP contribution in [0.4, 0.5) is 0 Å². The lowest BCUT2D eigenvalue weighted by atomic mass is 10.1. The van der Waals surface area contributed by atoms with Crippen molar-refractivity contribution in [1.29, 1.82) is 0 Å². The summed E-state index contributed by atoms with van der Waals surface area (Å²) < 4.78 is 5.26. The van der Waals surface area contributed by atoms with Crippen LogP contribution in [0.3, 0.4) is 0 Å². The zero-order valence-corrected chi connectivity index (χ0v) is 14.0. The number of methoxy groups -OCH3 is 1. The first-order chi connectivity index (χ1) is 9.96. The van der Waals surface area contributed by atoms with Crippen molar-refractivity contribution in [3.8, 4) is 0 Å². The average molecular weight is 290 g/mol. The lowest BCUT2D eigenvalue weighted by Crippen LogP contribution is -2.35. The zero-order valence-electron chi connectivity index (χ0n) is 14.0. The highest BCUT2D eigenvalue weighted by Gasteiger charge is 2.22. The molecule has 0 saturated carbocycles. The standard InChI is InChI=1S/C18H30N2O/c1-18(2,3)19-11-15-5-7-16(8-6-15)12-20-10-9-17(13-20)14-21-4/h5-8,17,19H,9-14H2,1-4H3. The molecule has 1 atom stereocenters. The van der Waals surface area contributed by atoms with Crippen LogP contribution < -0.4 is 5.32 Å². The van der Waals surface area contributed by atoms with Crippen LogP contribution in [-0.2, 0) is 17.8 Å². The summed E-state index contributed by atoms with van der Waals surface area (Å²) in [7, 11) is 1.80. The van der Waals surface area contributed by atoms with Gasteiger partial charge in [0.1, 0.15) is 0 Å². The van der Waals surface area contributed by atoms with Gasteiger partial charge in [-0.3, -0.25) is 4.90 Å². The van der Waals surface area contributed by atoms with Crippen LogP contribution in [0.5, 0.6) is 0 Å². The highest BCUT2D eigenvalue weighted by atomic mass is 16.5. The first-order valence-electron chi connectivity index (χ1n) is 8.00. The molecule has 0 aliphatic carbocycles. The summed E-state index contributed by atoms with van der Waals surface area (Å²) in [6.45, 7) is 11.9. The zero-order chi connectivity index (χ0) is 15.3. The molecule has 3 heteroatoms. The van der Waals surface area contributed by atoms with Gasteiger partial charge in [0.2, 0.25) is 0 Å². The summed E-state index contributed by atoms with van der Waals surface area (Å²) in [6, 6.07) is 9.03. The third-order valence-corrected chi connectivity index (χ3v) is 4.02. The van der Waals surface area contributed by atoms with Gasteiger partial charge in [-0.1, -0.05) is 24.3 Å². The molecule has 2 rings (SSSR count). The van der Waals surface area contributed by atoms with Crippen molar-refractivity contribution >= 4 is 0 Å². The highest BCUT2D eigenvalue weighted by molar-refractivity contribution is 5.22. The van der Waals surface area contributed by atoms with Gasteiger partial charge in [-0.05, 0) is 50.8 Å². The fraction of sp³-hybridized carbons (Fsp3) is 0.667. The molecule has 1 aliphatic heterocycles. The largest absolute Gasteiger partial charge is 0.384 e. The minimum atomic E-state index is 0.171. The Kier molecular flexibility index (Phi) is 5.80. The van der Waals surface area contributed by atoms with Gasteiger partial charge in [-0.2, -0.15) is 0 Å². The third-order valence-electron chi connectivity index (χ3n) is 4.02. The summed E-state index contributed by atoms with van der Waals surface area (Å²) in [5.41, 5.74) is 2.94. The molecule has 1 N–H and O–H groups in total. The normalized spacial score (nSPS) is 20.1. The molecule has 1 aromatic carbocycles. The second kappa shape index (κ2) is 7.39. The summed E-state index contributed by atoms with van der Waals surface area (Å²) in [5.74, 6) is 0.713. The third kappa shape index (κ3) is 5.77. The van der Waals surface area contributed by atoms with Crippen molar-refractivity contribution in [3.63, 3.8) is 0 Å². The Balaban J connectivity index is 1.80. The number of nitrogens with one attached hydrogen (secondary N) is 1. The minimum Gasteiger partial charge on any atom is -0.384 e. The van der Waals surface area contributed by atoms with Crippen LogP contribution >= 0.6 is 0 Å². The molecule has 1 aliphatic rings. The Labute approximate surface area is 129 Å². The van der Waals surface area contributed by atoms with E-state index in [0.717, 1.165) is 19.7 Å². The number of nitrogens with zero attached hydrogens (tertiary/aromatic N) is 1. The molecule has 0 aromatic heterocycles. The van der Waals surface area contributed by atoms with E-state index < -0.39 is 0 Å². The molecule has 1 unspecified atom stereocenters. The molecule has 0 amide bonds. The number of benzene rings is 1. The van der Waals surface area contributed by atoms with Gasteiger partial charge in [-0.25, -0.2) is 0 Å². The first-order valence-corrected chi connectivity index (χ1v) is 8.00. The summed E-state index contributed by atoms with van der Waals surface area (Å²) in [6.07, 6.45) is 1.27. The minimum absolute atomic E-state index is 0.171. The topological polar surface area (TPSA) is 24.5 Å². The van der Waals surface area contributed by atoms with Crippen LogP contribution in [0.25, 0.3) is 0 Å². The number of ether oxygens (including phenoxy) is 1. The average Bonchev–Trinajstić information content (AvgIpc) is 2.85. The van der Waals surface area contributed by atoms with E-state index in [-0.39, 0.29) is 5.54 Å². The molecule has 0 spiro atoms. The number of hydrogen-bond donors (Lipinski definition) is 1. The molecule has 1 saturated heterocycles. The second-order valence-corrected chi connectivity index (χ2v) is 7.27. The molecule has 118 valence electrons. The second-order valence-electron chi connectivity index (χ2n) is 7.27. The molecule has 3 nitrogen and oxygen atoms in total. The summed E-state index contributed by atoms with van der Waals surface area (Å²) in [5, 5.41) is 3.53. The number of likely N-dealkylation sites (tertiary alicyclic amines) is 1. The maximum absolute atomic E-state index is 5.26. The van der Waals surface area contributed by atoms with Crippen LogP contribution in [0, 0.1) is 5.92 Å². The van der Waals surface area contributed by atoms with Crippen molar-refractivity contribution in [2.24, 2.45) is 5.92 Å². The van der Waals surface area contributed by atoms with Crippen molar-refractivity contribution < 1.29 is 4.74 Å². The van der Waals surface area contributed by atoms with Gasteiger partial charge in [0.15, 0.2) is 0 Å². The lowest BCUT2D eigenvalue weighted by molar-refractivity contribution is 0.152. The van der Waals surface area contributed by atoms with E-state index in [1.165, 1.54) is 30.6 Å². The van der Waals surface area contributed by atoms with Crippen LogP contribution in [0.2, 0.25) is 0 Å². The van der Waals surface area contributed by atoms with Gasteiger partial charge >= 0.3 is 0 Å². The molecule has 0 bridgehead atoms. The molecular formula is C18H30N2O. The first kappa shape index (κ1) is 16.5. The summed E-state index contributed by atoms with van der Waals surface area (Å²) in [4.78, 5) is 2.53. The Bertz CT molecular complexity index is 422. The van der Waals surface area contributed by atoms with Crippen LogP contribution in [0.15, 0.2) is 24.3 Å². The van der Waals surface area contributed by atoms with Crippen molar-refractivity contribution in [2.75, 3.05) is 26.8 Å². The maximum Gasteiger partial charge on any atom is 0.0503 e. The van der Waals surface area contributed by atoms with E-state index in [2.05, 4.69) is 55.3 Å². The fourth-order valence-corrected chi connectivity index (χ4v) is 2.82. The SMILES string of the molecule is COCC1CCN(Cc2ccc(CNC(C)(C)C)cc2)C1. The van der Waals surface area contributed by atoms with E-state index in [4.69, 9.17) is 4.74 Å². The molecule has 1 fully saturated rings. The number of hydrogen-bond acceptors (Lipinski definition) is 3. The Morgan fingerprint density at radius 1 is 1.19 bits per heavy atom. The highest BCUT2D eigenvalue weighted by Crippen LogP contribution is 2.19. The van der Waals surface area contributed by atoms with Crippen molar-refractivity contribution in [1.82, 2.24) is 10.2 Å². The molecule has 0 radical (unpaired) electrons. The van der Waals surface area contributed by atoms with Gasteiger partial charge in [0.05, 0.1) is 6.61 Å². The van der Waals surface area contributed by atoms with Gasteiger partial charge in [-0.15, -0.1) is 0 Å². The molecule has 1 aromatic rings. The van der Waals surface area contributed by atoms with Gasteiger partial charge in [0, 0.05) is 32.3 Å². The van der Waals surface area contributed by atoms with Gasteiger partial charge < -0.3 is 10.1 Å². The van der Waals surface area contributed by atoms with Gasteiger partial charge in [0.25, 0.3) is 0 Å². The lowest BCUT2D eigenvalue weighted by Gasteiger charge is -2.21. The Morgan fingerprint density at radius 3 is 2.48 bits per heavy atom. The smallest absolute Gasteiger partial charge is 0.0503 e. The van der Waals surface area contributed by atoms with Crippen LogP contribution in [0.1, 0.15) is 38.3 Å². The predicted molar refractivity (Wildman–Crippen MR) is 88.3 cm³/mol. The Morgan fingerprint density at radius 2 is 1.86 bits per heavy atom. The quantitative estimate of drug-likeness (QED) is 0.871. The molecule has 21 heavy (non-hydrogen) atoms. The van der Waals surface area contributed by atoms with E-state index in [9.17, 15) is 0 Å². The van der Waals surface area contributed by atoms with Crippen molar-refractivity contribution in [3.05, 3.63) is 35.4 Å². The van der Waals surface area contributed by atoms with E-state index in [1.807, 2.05) is 0 Å². The van der Waals surface area contributed by atoms with Crippen LogP contribution in [-0.4, -0.2) is 37.2 Å². The van der Waals surface area contributed by atoms with E-state index in [1.54, 1.807) is 7.11 Å². The van der Waals surface area contributed by atoms with Crippen molar-refractivity contribution in [2.45, 2.75) is 45.8 Å². The Hall–Kier alpha value is -0.900. The van der Waals surface area contributed by atoms with E-state index >= 15 is 0 Å². The fourth-order valence-electron chi connectivity index (χ4n) is 2.82. The molecular weight excluding hydrogens is 260 g/mol. The number of rotatable bonds is 6. The summed E-state index contributed by atoms with van der Waals surface area (Å²) >= 11 is 0. The monoisotopic (exact) mass is 290 g/mol. The van der Waals surface area contributed by atoms with E-state index in [0.29, 0.717) is 5.92 Å².